The van der Waals surface area contributed by atoms with E-state index in [9.17, 15) is 18.0 Å². The molecule has 0 saturated carbocycles. The SMILES string of the molecule is O=C(OC1C(N2CCNCC2)CCN(C2CCNCC2)C1(F)F)C(F)(F)F. The minimum atomic E-state index is -5.30. The van der Waals surface area contributed by atoms with Gasteiger partial charge in [0.15, 0.2) is 6.10 Å². The highest BCUT2D eigenvalue weighted by atomic mass is 19.4. The van der Waals surface area contributed by atoms with Crippen molar-refractivity contribution >= 4 is 5.97 Å². The standard InChI is InChI=1S/C16H25F5N4O2/c17-15(18,19)14(26)27-13-12(24-9-6-23-7-10-24)3-8-25(16(13,20)21)11-1-4-22-5-2-11/h11-13,22-23H,1-10H2. The molecule has 3 rings (SSSR count). The topological polar surface area (TPSA) is 56.8 Å². The molecule has 27 heavy (non-hydrogen) atoms. The van der Waals surface area contributed by atoms with E-state index in [2.05, 4.69) is 15.4 Å². The molecule has 156 valence electrons. The molecule has 3 fully saturated rings. The number of hydrogen-bond donors (Lipinski definition) is 2. The van der Waals surface area contributed by atoms with E-state index in [1.54, 1.807) is 4.90 Å². The molecule has 0 aliphatic carbocycles. The molecule has 0 bridgehead atoms. The van der Waals surface area contributed by atoms with Crippen LogP contribution in [-0.2, 0) is 9.53 Å². The van der Waals surface area contributed by atoms with Gasteiger partial charge in [-0.3, -0.25) is 4.90 Å². The van der Waals surface area contributed by atoms with Crippen LogP contribution in [0.5, 0.6) is 0 Å². The number of nitrogens with zero attached hydrogens (tertiary/aromatic N) is 2. The van der Waals surface area contributed by atoms with Crippen LogP contribution in [0.3, 0.4) is 0 Å². The molecule has 0 aromatic rings. The van der Waals surface area contributed by atoms with Gasteiger partial charge in [0.05, 0.1) is 6.04 Å². The first-order valence-corrected chi connectivity index (χ1v) is 9.29. The van der Waals surface area contributed by atoms with Gasteiger partial charge in [-0.1, -0.05) is 0 Å². The molecule has 0 radical (unpaired) electrons. The van der Waals surface area contributed by atoms with Crippen LogP contribution in [0, 0.1) is 0 Å². The first-order valence-electron chi connectivity index (χ1n) is 9.29. The van der Waals surface area contributed by atoms with Crippen LogP contribution in [0.25, 0.3) is 0 Å². The third kappa shape index (κ3) is 4.52. The van der Waals surface area contributed by atoms with E-state index in [1.807, 2.05) is 0 Å². The Morgan fingerprint density at radius 2 is 1.56 bits per heavy atom. The Morgan fingerprint density at radius 3 is 2.15 bits per heavy atom. The smallest absolute Gasteiger partial charge is 0.446 e. The molecule has 3 heterocycles. The third-order valence-corrected chi connectivity index (χ3v) is 5.58. The number of nitrogens with one attached hydrogen (secondary N) is 2. The van der Waals surface area contributed by atoms with E-state index >= 15 is 8.78 Å². The Kier molecular flexibility index (Phi) is 6.24. The van der Waals surface area contributed by atoms with Gasteiger partial charge in [0.1, 0.15) is 0 Å². The second kappa shape index (κ2) is 8.14. The van der Waals surface area contributed by atoms with Crippen LogP contribution >= 0.6 is 0 Å². The molecule has 11 heteroatoms. The average Bonchev–Trinajstić information content (AvgIpc) is 2.63. The monoisotopic (exact) mass is 400 g/mol. The maximum absolute atomic E-state index is 15.3. The van der Waals surface area contributed by atoms with Crippen molar-refractivity contribution in [3.63, 3.8) is 0 Å². The maximum atomic E-state index is 15.3. The number of rotatable bonds is 3. The van der Waals surface area contributed by atoms with Gasteiger partial charge in [-0.15, -0.1) is 0 Å². The van der Waals surface area contributed by atoms with Crippen molar-refractivity contribution in [1.82, 2.24) is 20.4 Å². The fourth-order valence-electron chi connectivity index (χ4n) is 4.23. The first kappa shape index (κ1) is 20.7. The van der Waals surface area contributed by atoms with Crippen LogP contribution in [0.2, 0.25) is 0 Å². The zero-order chi connectivity index (χ0) is 19.7. The van der Waals surface area contributed by atoms with Gasteiger partial charge >= 0.3 is 18.2 Å². The number of halogens is 5. The predicted octanol–water partition coefficient (Wildman–Crippen LogP) is 0.785. The summed E-state index contributed by atoms with van der Waals surface area (Å²) in [5.41, 5.74) is 0. The lowest BCUT2D eigenvalue weighted by Crippen LogP contribution is -2.69. The summed E-state index contributed by atoms with van der Waals surface area (Å²) in [6.45, 7) is 3.17. The number of likely N-dealkylation sites (tertiary alicyclic amines) is 1. The molecule has 0 spiro atoms. The summed E-state index contributed by atoms with van der Waals surface area (Å²) < 4.78 is 73.1. The van der Waals surface area contributed by atoms with E-state index in [1.165, 1.54) is 0 Å². The second-order valence-corrected chi connectivity index (χ2v) is 7.23. The van der Waals surface area contributed by atoms with Crippen LogP contribution < -0.4 is 10.6 Å². The Balaban J connectivity index is 1.83. The van der Waals surface area contributed by atoms with E-state index in [0.29, 0.717) is 52.1 Å². The number of hydrogen-bond acceptors (Lipinski definition) is 6. The van der Waals surface area contributed by atoms with Crippen LogP contribution in [0.15, 0.2) is 0 Å². The fourth-order valence-corrected chi connectivity index (χ4v) is 4.23. The summed E-state index contributed by atoms with van der Waals surface area (Å²) in [7, 11) is 0. The molecule has 3 aliphatic rings. The van der Waals surface area contributed by atoms with Gasteiger partial charge in [-0.2, -0.15) is 22.0 Å². The van der Waals surface area contributed by atoms with Crippen molar-refractivity contribution in [2.45, 2.75) is 49.7 Å². The Bertz CT molecular complexity index is 521. The number of piperazine rings is 1. The van der Waals surface area contributed by atoms with Crippen molar-refractivity contribution in [3.05, 3.63) is 0 Å². The Hall–Kier alpha value is -1.04. The number of carbonyl (C=O) groups excluding carboxylic acids is 1. The van der Waals surface area contributed by atoms with Crippen molar-refractivity contribution in [2.75, 3.05) is 45.8 Å². The molecule has 2 N–H and O–H groups in total. The summed E-state index contributed by atoms with van der Waals surface area (Å²) >= 11 is 0. The average molecular weight is 400 g/mol. The number of piperidine rings is 2. The zero-order valence-corrected chi connectivity index (χ0v) is 14.9. The molecule has 3 aliphatic heterocycles. The van der Waals surface area contributed by atoms with E-state index in [-0.39, 0.29) is 13.0 Å². The normalized spacial score (nSPS) is 31.6. The molecule has 0 aromatic carbocycles. The molecule has 2 unspecified atom stereocenters. The molecular weight excluding hydrogens is 375 g/mol. The summed E-state index contributed by atoms with van der Waals surface area (Å²) in [5.74, 6) is -2.56. The van der Waals surface area contributed by atoms with Gasteiger partial charge in [-0.05, 0) is 32.4 Å². The van der Waals surface area contributed by atoms with Crippen LogP contribution in [0.1, 0.15) is 19.3 Å². The van der Waals surface area contributed by atoms with Gasteiger partial charge in [0.25, 0.3) is 0 Å². The fraction of sp³-hybridized carbons (Fsp3) is 0.938. The van der Waals surface area contributed by atoms with Crippen molar-refractivity contribution < 1.29 is 31.5 Å². The number of esters is 1. The largest absolute Gasteiger partial charge is 0.490 e. The van der Waals surface area contributed by atoms with Gasteiger partial charge in [0.2, 0.25) is 0 Å². The Morgan fingerprint density at radius 1 is 0.963 bits per heavy atom. The first-order chi connectivity index (χ1) is 12.7. The summed E-state index contributed by atoms with van der Waals surface area (Å²) in [6, 6.07) is -5.04. The Labute approximate surface area is 154 Å². The highest BCUT2D eigenvalue weighted by Gasteiger charge is 2.59. The molecule has 6 nitrogen and oxygen atoms in total. The lowest BCUT2D eigenvalue weighted by Gasteiger charge is -2.51. The highest BCUT2D eigenvalue weighted by Crippen LogP contribution is 2.40. The van der Waals surface area contributed by atoms with Crippen molar-refractivity contribution in [2.24, 2.45) is 0 Å². The maximum Gasteiger partial charge on any atom is 0.490 e. The molecule has 3 saturated heterocycles. The number of carbonyl (C=O) groups is 1. The lowest BCUT2D eigenvalue weighted by molar-refractivity contribution is -0.281. The third-order valence-electron chi connectivity index (χ3n) is 5.58. The lowest BCUT2D eigenvalue weighted by atomic mass is 9.93. The van der Waals surface area contributed by atoms with Crippen molar-refractivity contribution in [3.8, 4) is 0 Å². The molecule has 0 amide bonds. The minimum Gasteiger partial charge on any atom is -0.446 e. The number of ether oxygens (including phenoxy) is 1. The summed E-state index contributed by atoms with van der Waals surface area (Å²) in [5, 5.41) is 6.16. The van der Waals surface area contributed by atoms with Gasteiger partial charge < -0.3 is 15.4 Å². The van der Waals surface area contributed by atoms with Gasteiger partial charge in [-0.25, -0.2) is 9.69 Å². The number of alkyl halides is 5. The summed E-state index contributed by atoms with van der Waals surface area (Å²) in [4.78, 5) is 14.0. The van der Waals surface area contributed by atoms with Crippen molar-refractivity contribution in [1.29, 1.82) is 0 Å². The molecule has 0 aromatic heterocycles. The van der Waals surface area contributed by atoms with Gasteiger partial charge in [0, 0.05) is 38.8 Å². The zero-order valence-electron chi connectivity index (χ0n) is 14.9. The van der Waals surface area contributed by atoms with E-state index in [0.717, 1.165) is 4.90 Å². The van der Waals surface area contributed by atoms with Crippen LogP contribution in [-0.4, -0.2) is 92.0 Å². The molecular formula is C16H25F5N4O2. The van der Waals surface area contributed by atoms with Crippen LogP contribution in [0.4, 0.5) is 22.0 Å². The molecule has 2 atom stereocenters. The van der Waals surface area contributed by atoms with E-state index < -0.39 is 36.4 Å². The van der Waals surface area contributed by atoms with E-state index in [4.69, 9.17) is 0 Å². The minimum absolute atomic E-state index is 0.0618. The highest BCUT2D eigenvalue weighted by molar-refractivity contribution is 5.75. The summed E-state index contributed by atoms with van der Waals surface area (Å²) in [6.07, 6.45) is -6.26. The second-order valence-electron chi connectivity index (χ2n) is 7.23. The quantitative estimate of drug-likeness (QED) is 0.415. The predicted molar refractivity (Wildman–Crippen MR) is 86.3 cm³/mol.